The van der Waals surface area contributed by atoms with Crippen LogP contribution in [0.1, 0.15) is 17.8 Å². The highest BCUT2D eigenvalue weighted by atomic mass is 16.5. The Morgan fingerprint density at radius 2 is 1.68 bits per heavy atom. The number of benzene rings is 1. The summed E-state index contributed by atoms with van der Waals surface area (Å²) in [6.45, 7) is 4.35. The van der Waals surface area contributed by atoms with Crippen LogP contribution >= 0.6 is 0 Å². The Labute approximate surface area is 132 Å². The molecule has 0 amide bonds. The molecule has 0 saturated heterocycles. The van der Waals surface area contributed by atoms with Crippen molar-refractivity contribution in [1.29, 1.82) is 0 Å². The van der Waals surface area contributed by atoms with Crippen LogP contribution in [-0.2, 0) is 11.2 Å². The summed E-state index contributed by atoms with van der Waals surface area (Å²) in [5, 5.41) is 6.66. The summed E-state index contributed by atoms with van der Waals surface area (Å²) in [7, 11) is 1.71. The number of aromatic nitrogens is 2. The maximum atomic E-state index is 5.04. The smallest absolute Gasteiger partial charge is 0.131 e. The van der Waals surface area contributed by atoms with Crippen LogP contribution in [0.2, 0.25) is 0 Å². The van der Waals surface area contributed by atoms with Gasteiger partial charge in [0.1, 0.15) is 17.5 Å². The third-order valence-electron chi connectivity index (χ3n) is 3.23. The fourth-order valence-corrected chi connectivity index (χ4v) is 2.16. The summed E-state index contributed by atoms with van der Waals surface area (Å²) in [6, 6.07) is 12.4. The van der Waals surface area contributed by atoms with E-state index in [9.17, 15) is 0 Å². The highest BCUT2D eigenvalue weighted by Gasteiger charge is 2.01. The molecule has 1 aromatic heterocycles. The van der Waals surface area contributed by atoms with Gasteiger partial charge in [-0.1, -0.05) is 30.3 Å². The van der Waals surface area contributed by atoms with E-state index in [1.54, 1.807) is 7.11 Å². The molecule has 0 spiro atoms. The first-order valence-corrected chi connectivity index (χ1v) is 7.64. The van der Waals surface area contributed by atoms with E-state index in [2.05, 4.69) is 44.9 Å². The molecule has 0 aliphatic heterocycles. The quantitative estimate of drug-likeness (QED) is 0.697. The summed E-state index contributed by atoms with van der Waals surface area (Å²) < 4.78 is 5.04. The molecule has 0 aliphatic rings. The van der Waals surface area contributed by atoms with Crippen molar-refractivity contribution in [3.8, 4) is 0 Å². The van der Waals surface area contributed by atoms with Gasteiger partial charge < -0.3 is 15.4 Å². The average molecular weight is 300 g/mol. The molecule has 118 valence electrons. The standard InChI is InChI=1S/C17H24N4O/c1-14-20-16(18-10-6-12-22-2)13-17(21-14)19-11-9-15-7-4-3-5-8-15/h3-5,7-8,13H,6,9-12H2,1-2H3,(H2,18,19,20,21). The molecule has 5 heteroatoms. The van der Waals surface area contributed by atoms with E-state index >= 15 is 0 Å². The van der Waals surface area contributed by atoms with Crippen LogP contribution in [0.5, 0.6) is 0 Å². The summed E-state index contributed by atoms with van der Waals surface area (Å²) in [5.41, 5.74) is 1.32. The van der Waals surface area contributed by atoms with Crippen LogP contribution < -0.4 is 10.6 Å². The van der Waals surface area contributed by atoms with Crippen LogP contribution in [0.3, 0.4) is 0 Å². The monoisotopic (exact) mass is 300 g/mol. The van der Waals surface area contributed by atoms with E-state index in [-0.39, 0.29) is 0 Å². The Morgan fingerprint density at radius 3 is 2.36 bits per heavy atom. The van der Waals surface area contributed by atoms with Crippen molar-refractivity contribution in [1.82, 2.24) is 9.97 Å². The predicted molar refractivity (Wildman–Crippen MR) is 90.4 cm³/mol. The minimum Gasteiger partial charge on any atom is -0.385 e. The molecule has 0 saturated carbocycles. The van der Waals surface area contributed by atoms with Crippen LogP contribution in [0, 0.1) is 6.92 Å². The van der Waals surface area contributed by atoms with Gasteiger partial charge in [-0.15, -0.1) is 0 Å². The lowest BCUT2D eigenvalue weighted by Crippen LogP contribution is -2.10. The number of hydrogen-bond donors (Lipinski definition) is 2. The van der Waals surface area contributed by atoms with E-state index in [1.807, 2.05) is 19.1 Å². The van der Waals surface area contributed by atoms with E-state index in [4.69, 9.17) is 4.74 Å². The molecule has 0 bridgehead atoms. The topological polar surface area (TPSA) is 59.1 Å². The van der Waals surface area contributed by atoms with E-state index in [1.165, 1.54) is 5.56 Å². The zero-order chi connectivity index (χ0) is 15.6. The Morgan fingerprint density at radius 1 is 1.00 bits per heavy atom. The zero-order valence-corrected chi connectivity index (χ0v) is 13.3. The molecule has 1 aromatic carbocycles. The molecule has 0 aliphatic carbocycles. The van der Waals surface area contributed by atoms with Gasteiger partial charge >= 0.3 is 0 Å². The minimum absolute atomic E-state index is 0.749. The number of anilines is 2. The first-order valence-electron chi connectivity index (χ1n) is 7.64. The lowest BCUT2D eigenvalue weighted by atomic mass is 10.1. The number of nitrogens with zero attached hydrogens (tertiary/aromatic N) is 2. The molecular formula is C17H24N4O. The normalized spacial score (nSPS) is 10.5. The summed E-state index contributed by atoms with van der Waals surface area (Å²) in [4.78, 5) is 8.82. The summed E-state index contributed by atoms with van der Waals surface area (Å²) in [6.07, 6.45) is 1.93. The molecule has 0 atom stereocenters. The van der Waals surface area contributed by atoms with Crippen molar-refractivity contribution in [3.05, 3.63) is 47.8 Å². The maximum Gasteiger partial charge on any atom is 0.131 e. The van der Waals surface area contributed by atoms with E-state index in [0.717, 1.165) is 50.0 Å². The zero-order valence-electron chi connectivity index (χ0n) is 13.3. The third-order valence-corrected chi connectivity index (χ3v) is 3.23. The number of aryl methyl sites for hydroxylation is 1. The molecule has 0 unspecified atom stereocenters. The third kappa shape index (κ3) is 5.69. The Balaban J connectivity index is 1.83. The van der Waals surface area contributed by atoms with Crippen molar-refractivity contribution in [3.63, 3.8) is 0 Å². The number of methoxy groups -OCH3 is 1. The van der Waals surface area contributed by atoms with Crippen molar-refractivity contribution in [2.24, 2.45) is 0 Å². The second kappa shape index (κ2) is 9.00. The number of hydrogen-bond acceptors (Lipinski definition) is 5. The van der Waals surface area contributed by atoms with Gasteiger partial charge in [0.2, 0.25) is 0 Å². The van der Waals surface area contributed by atoms with Crippen molar-refractivity contribution >= 4 is 11.6 Å². The molecule has 22 heavy (non-hydrogen) atoms. The Bertz CT molecular complexity index is 560. The minimum atomic E-state index is 0.749. The number of nitrogens with one attached hydrogen (secondary N) is 2. The first kappa shape index (κ1) is 16.2. The Hall–Kier alpha value is -2.14. The van der Waals surface area contributed by atoms with E-state index < -0.39 is 0 Å². The number of rotatable bonds is 9. The van der Waals surface area contributed by atoms with Crippen LogP contribution in [0.25, 0.3) is 0 Å². The highest BCUT2D eigenvalue weighted by Crippen LogP contribution is 2.11. The predicted octanol–water partition coefficient (Wildman–Crippen LogP) is 2.89. The molecule has 2 aromatic rings. The van der Waals surface area contributed by atoms with Gasteiger partial charge in [0.15, 0.2) is 0 Å². The van der Waals surface area contributed by atoms with Gasteiger partial charge in [0, 0.05) is 32.9 Å². The SMILES string of the molecule is COCCCNc1cc(NCCc2ccccc2)nc(C)n1. The lowest BCUT2D eigenvalue weighted by molar-refractivity contribution is 0.198. The van der Waals surface area contributed by atoms with Crippen LogP contribution in [0.15, 0.2) is 36.4 Å². The van der Waals surface area contributed by atoms with Gasteiger partial charge in [-0.3, -0.25) is 0 Å². The maximum absolute atomic E-state index is 5.04. The van der Waals surface area contributed by atoms with Gasteiger partial charge in [-0.25, -0.2) is 9.97 Å². The number of ether oxygens (including phenoxy) is 1. The summed E-state index contributed by atoms with van der Waals surface area (Å²) in [5.74, 6) is 2.47. The average Bonchev–Trinajstić information content (AvgIpc) is 2.52. The second-order valence-electron chi connectivity index (χ2n) is 5.12. The first-order chi connectivity index (χ1) is 10.8. The van der Waals surface area contributed by atoms with Gasteiger partial charge in [0.05, 0.1) is 0 Å². The summed E-state index contributed by atoms with van der Waals surface area (Å²) >= 11 is 0. The van der Waals surface area contributed by atoms with Gasteiger partial charge in [-0.05, 0) is 25.3 Å². The van der Waals surface area contributed by atoms with Gasteiger partial charge in [0.25, 0.3) is 0 Å². The molecule has 0 radical (unpaired) electrons. The fraction of sp³-hybridized carbons (Fsp3) is 0.412. The molecule has 2 N–H and O–H groups in total. The van der Waals surface area contributed by atoms with Crippen LogP contribution in [-0.4, -0.2) is 36.8 Å². The second-order valence-corrected chi connectivity index (χ2v) is 5.12. The van der Waals surface area contributed by atoms with Crippen molar-refractivity contribution < 1.29 is 4.74 Å². The highest BCUT2D eigenvalue weighted by molar-refractivity contribution is 5.47. The lowest BCUT2D eigenvalue weighted by Gasteiger charge is -2.10. The largest absolute Gasteiger partial charge is 0.385 e. The fourth-order valence-electron chi connectivity index (χ4n) is 2.16. The molecule has 5 nitrogen and oxygen atoms in total. The molecule has 0 fully saturated rings. The molecule has 1 heterocycles. The van der Waals surface area contributed by atoms with Gasteiger partial charge in [-0.2, -0.15) is 0 Å². The van der Waals surface area contributed by atoms with Crippen LogP contribution in [0.4, 0.5) is 11.6 Å². The Kier molecular flexibility index (Phi) is 6.64. The van der Waals surface area contributed by atoms with E-state index in [0.29, 0.717) is 0 Å². The van der Waals surface area contributed by atoms with Crippen molar-refractivity contribution in [2.45, 2.75) is 19.8 Å². The van der Waals surface area contributed by atoms with Crippen molar-refractivity contribution in [2.75, 3.05) is 37.4 Å². The molecular weight excluding hydrogens is 276 g/mol. The molecule has 2 rings (SSSR count).